The van der Waals surface area contributed by atoms with Crippen LogP contribution in [-0.4, -0.2) is 104 Å². The maximum Gasteiger partial charge on any atom is 0.246 e. The summed E-state index contributed by atoms with van der Waals surface area (Å²) >= 11 is 0. The Bertz CT molecular complexity index is 1080. The highest BCUT2D eigenvalue weighted by Crippen LogP contribution is 2.55. The van der Waals surface area contributed by atoms with E-state index in [1.165, 1.54) is 7.11 Å². The molecule has 1 saturated carbocycles. The van der Waals surface area contributed by atoms with Crippen molar-refractivity contribution in [2.24, 2.45) is 11.8 Å². The first-order chi connectivity index (χ1) is 19.6. The van der Waals surface area contributed by atoms with Gasteiger partial charge in [-0.3, -0.25) is 24.1 Å². The average molecular weight is 573 g/mol. The fraction of sp³-hybridized carbons (Fsp3) is 0.733. The van der Waals surface area contributed by atoms with E-state index >= 15 is 0 Å². The second kappa shape index (κ2) is 13.0. The van der Waals surface area contributed by atoms with Gasteiger partial charge in [0.25, 0.3) is 0 Å². The molecule has 3 fully saturated rings. The van der Waals surface area contributed by atoms with E-state index in [9.17, 15) is 19.2 Å². The summed E-state index contributed by atoms with van der Waals surface area (Å²) in [6.45, 7) is 8.37. The van der Waals surface area contributed by atoms with E-state index < -0.39 is 41.1 Å². The highest BCUT2D eigenvalue weighted by Gasteiger charge is 2.67. The van der Waals surface area contributed by atoms with Gasteiger partial charge in [-0.1, -0.05) is 25.5 Å². The van der Waals surface area contributed by atoms with Crippen molar-refractivity contribution in [2.75, 3.05) is 46.6 Å². The minimum atomic E-state index is -1.11. The number of ketones is 1. The molecule has 0 aromatic rings. The Kier molecular flexibility index (Phi) is 9.90. The van der Waals surface area contributed by atoms with Crippen LogP contribution in [0.5, 0.6) is 0 Å². The van der Waals surface area contributed by atoms with E-state index in [-0.39, 0.29) is 36.5 Å². The number of Topliss-reactive ketones (excluding diaryl/α,β-unsaturated/α-hetero) is 1. The number of carbonyl (C=O) groups is 4. The number of hydrogen-bond acceptors (Lipinski definition) is 8. The molecule has 2 heterocycles. The minimum Gasteiger partial charge on any atom is -0.379 e. The third kappa shape index (κ3) is 7.00. The molecule has 4 aliphatic rings. The van der Waals surface area contributed by atoms with E-state index in [1.54, 1.807) is 6.92 Å². The molecular weight excluding hydrogens is 528 g/mol. The highest BCUT2D eigenvalue weighted by molar-refractivity contribution is 5.99. The molecule has 3 N–H and O–H groups in total. The lowest BCUT2D eigenvalue weighted by Gasteiger charge is -2.31. The monoisotopic (exact) mass is 572 g/mol. The number of rotatable bonds is 14. The number of ether oxygens (including phenoxy) is 3. The zero-order valence-electron chi connectivity index (χ0n) is 24.6. The van der Waals surface area contributed by atoms with Crippen LogP contribution in [0.2, 0.25) is 0 Å². The maximum atomic E-state index is 14.0. The number of epoxide rings is 1. The molecule has 0 aromatic heterocycles. The van der Waals surface area contributed by atoms with Gasteiger partial charge in [0.15, 0.2) is 5.78 Å². The van der Waals surface area contributed by atoms with Crippen LogP contribution in [0.4, 0.5) is 0 Å². The van der Waals surface area contributed by atoms with Crippen LogP contribution in [-0.2, 0) is 33.4 Å². The van der Waals surface area contributed by atoms with Crippen LogP contribution < -0.4 is 16.0 Å². The fourth-order valence-electron chi connectivity index (χ4n) is 6.21. The molecule has 2 saturated heterocycles. The first kappa shape index (κ1) is 31.2. The molecule has 11 heteroatoms. The Labute approximate surface area is 242 Å². The normalized spacial score (nSPS) is 31.1. The maximum absolute atomic E-state index is 14.0. The number of amides is 3. The lowest BCUT2D eigenvalue weighted by atomic mass is 9.93. The Morgan fingerprint density at radius 2 is 1.80 bits per heavy atom. The molecule has 41 heavy (non-hydrogen) atoms. The zero-order chi connectivity index (χ0) is 29.8. The molecule has 7 atom stereocenters. The fourth-order valence-corrected chi connectivity index (χ4v) is 6.21. The summed E-state index contributed by atoms with van der Waals surface area (Å²) in [5.41, 5.74) is -0.768. The lowest BCUT2D eigenvalue weighted by molar-refractivity contribution is -0.138. The lowest BCUT2D eigenvalue weighted by Crippen LogP contribution is -2.62. The van der Waals surface area contributed by atoms with Gasteiger partial charge in [0.05, 0.1) is 32.4 Å². The van der Waals surface area contributed by atoms with E-state index in [4.69, 9.17) is 20.6 Å². The Balaban J connectivity index is 1.50. The number of nitrogens with one attached hydrogen (secondary N) is 3. The molecule has 0 aromatic carbocycles. The standard InChI is InChI=1S/C30H44N4O7/c1-6-9-22(31-24(35)17-34-12-14-40-15-13-34)27(37)33-25(30(39-5)19(2)20(30)3)28(38)32-23(16-21-10-7-8-11-21)26(36)29(4)18-41-29/h1,10,19-20,22-23,25H,7-9,11-18H2,2-5H3,(H,31,35)(H,32,38)(H,33,37)/t19-,20?,22-,23-,25+,29+,30?/m0/s1. The first-order valence-corrected chi connectivity index (χ1v) is 14.6. The summed E-state index contributed by atoms with van der Waals surface area (Å²) in [4.78, 5) is 55.6. The largest absolute Gasteiger partial charge is 0.379 e. The summed E-state index contributed by atoms with van der Waals surface area (Å²) < 4.78 is 16.6. The van der Waals surface area contributed by atoms with Gasteiger partial charge in [0.1, 0.15) is 23.3 Å². The van der Waals surface area contributed by atoms with Gasteiger partial charge in [-0.05, 0) is 44.4 Å². The first-order valence-electron chi connectivity index (χ1n) is 14.6. The summed E-state index contributed by atoms with van der Waals surface area (Å²) in [7, 11) is 1.51. The molecular formula is C30H44N4O7. The number of nitrogens with zero attached hydrogens (tertiary/aromatic N) is 1. The SMILES string of the molecule is C#CC[C@H](NC(=O)CN1CCOCC1)C(=O)N[C@H](C(=O)N[C@@H](CC1=CCCC1)C(=O)[C@@]1(C)CO1)C1(OC)C(C)[C@@H]1C. The van der Waals surface area contributed by atoms with Crippen LogP contribution in [0.1, 0.15) is 52.9 Å². The second-order valence-electron chi connectivity index (χ2n) is 11.9. The van der Waals surface area contributed by atoms with E-state index in [0.29, 0.717) is 39.3 Å². The Morgan fingerprint density at radius 3 is 2.34 bits per heavy atom. The van der Waals surface area contributed by atoms with E-state index in [2.05, 4.69) is 27.9 Å². The molecule has 0 radical (unpaired) electrons. The third-order valence-electron chi connectivity index (χ3n) is 9.20. The molecule has 2 aliphatic heterocycles. The van der Waals surface area contributed by atoms with Gasteiger partial charge in [-0.15, -0.1) is 12.3 Å². The number of methoxy groups -OCH3 is 1. The van der Waals surface area contributed by atoms with Crippen molar-refractivity contribution in [1.82, 2.24) is 20.9 Å². The average Bonchev–Trinajstić information content (AvgIpc) is 3.71. The zero-order valence-corrected chi connectivity index (χ0v) is 24.6. The van der Waals surface area contributed by atoms with Crippen LogP contribution in [0.25, 0.3) is 0 Å². The van der Waals surface area contributed by atoms with Crippen molar-refractivity contribution in [1.29, 1.82) is 0 Å². The van der Waals surface area contributed by atoms with Crippen molar-refractivity contribution >= 4 is 23.5 Å². The Hall–Kier alpha value is -2.78. The number of morpholine rings is 1. The molecule has 0 spiro atoms. The predicted molar refractivity (Wildman–Crippen MR) is 150 cm³/mol. The van der Waals surface area contributed by atoms with Crippen molar-refractivity contribution in [3.63, 3.8) is 0 Å². The predicted octanol–water partition coefficient (Wildman–Crippen LogP) is 0.326. The third-order valence-corrected chi connectivity index (χ3v) is 9.20. The summed E-state index contributed by atoms with van der Waals surface area (Å²) in [5.74, 6) is 0.742. The van der Waals surface area contributed by atoms with Crippen LogP contribution in [0.15, 0.2) is 11.6 Å². The van der Waals surface area contributed by atoms with Crippen molar-refractivity contribution < 1.29 is 33.4 Å². The van der Waals surface area contributed by atoms with E-state index in [1.807, 2.05) is 18.7 Å². The van der Waals surface area contributed by atoms with Crippen LogP contribution >= 0.6 is 0 Å². The van der Waals surface area contributed by atoms with Gasteiger partial charge in [0.2, 0.25) is 17.7 Å². The number of allylic oxidation sites excluding steroid dienone is 1. The molecule has 2 aliphatic carbocycles. The highest BCUT2D eigenvalue weighted by atomic mass is 16.6. The number of terminal acetylenes is 1. The molecule has 11 nitrogen and oxygen atoms in total. The topological polar surface area (TPSA) is 139 Å². The van der Waals surface area contributed by atoms with Gasteiger partial charge < -0.3 is 30.2 Å². The van der Waals surface area contributed by atoms with Crippen molar-refractivity contribution in [3.8, 4) is 12.3 Å². The van der Waals surface area contributed by atoms with Crippen molar-refractivity contribution in [3.05, 3.63) is 11.6 Å². The second-order valence-corrected chi connectivity index (χ2v) is 11.9. The summed E-state index contributed by atoms with van der Waals surface area (Å²) in [6.07, 6.45) is 10.9. The smallest absolute Gasteiger partial charge is 0.246 e. The van der Waals surface area contributed by atoms with Crippen LogP contribution in [0, 0.1) is 24.2 Å². The van der Waals surface area contributed by atoms with Gasteiger partial charge in [0, 0.05) is 26.6 Å². The van der Waals surface area contributed by atoms with E-state index in [0.717, 1.165) is 24.8 Å². The van der Waals surface area contributed by atoms with Crippen LogP contribution in [0.3, 0.4) is 0 Å². The molecule has 0 bridgehead atoms. The van der Waals surface area contributed by atoms with Gasteiger partial charge in [-0.2, -0.15) is 0 Å². The summed E-state index contributed by atoms with van der Waals surface area (Å²) in [6, 6.07) is -2.95. The molecule has 226 valence electrons. The quantitative estimate of drug-likeness (QED) is 0.154. The Morgan fingerprint density at radius 1 is 1.12 bits per heavy atom. The molecule has 4 rings (SSSR count). The number of hydrogen-bond donors (Lipinski definition) is 3. The van der Waals surface area contributed by atoms with Gasteiger partial charge in [-0.25, -0.2) is 0 Å². The number of carbonyl (C=O) groups excluding carboxylic acids is 4. The summed E-state index contributed by atoms with van der Waals surface area (Å²) in [5, 5.41) is 8.50. The van der Waals surface area contributed by atoms with Crippen molar-refractivity contribution in [2.45, 2.75) is 82.2 Å². The molecule has 3 amide bonds. The molecule has 2 unspecified atom stereocenters. The van der Waals surface area contributed by atoms with Gasteiger partial charge >= 0.3 is 0 Å². The minimum absolute atomic E-state index is 0.0403.